The van der Waals surface area contributed by atoms with E-state index in [-0.39, 0.29) is 5.91 Å². The van der Waals surface area contributed by atoms with E-state index in [1.807, 2.05) is 35.7 Å². The van der Waals surface area contributed by atoms with Gasteiger partial charge in [-0.3, -0.25) is 9.69 Å². The van der Waals surface area contributed by atoms with Crippen molar-refractivity contribution < 1.29 is 14.3 Å². The largest absolute Gasteiger partial charge is 0.453 e. The summed E-state index contributed by atoms with van der Waals surface area (Å²) in [5.41, 5.74) is 2.05. The van der Waals surface area contributed by atoms with Crippen LogP contribution in [-0.4, -0.2) is 48.1 Å². The highest BCUT2D eigenvalue weighted by Gasteiger charge is 2.32. The number of benzene rings is 1. The fourth-order valence-electron chi connectivity index (χ4n) is 3.12. The van der Waals surface area contributed by atoms with Gasteiger partial charge >= 0.3 is 6.09 Å². The average Bonchev–Trinajstić information content (AvgIpc) is 3.17. The molecule has 0 bridgehead atoms. The molecule has 0 radical (unpaired) electrons. The van der Waals surface area contributed by atoms with Crippen molar-refractivity contribution in [2.45, 2.75) is 31.7 Å². The Morgan fingerprint density at radius 3 is 2.88 bits per heavy atom. The second-order valence-corrected chi connectivity index (χ2v) is 7.15. The Labute approximate surface area is 157 Å². The lowest BCUT2D eigenvalue weighted by Crippen LogP contribution is -2.52. The number of rotatable bonds is 5. The zero-order chi connectivity index (χ0) is 18.4. The Bertz CT molecular complexity index is 747. The van der Waals surface area contributed by atoms with Gasteiger partial charge in [-0.25, -0.2) is 9.78 Å². The van der Waals surface area contributed by atoms with Crippen LogP contribution in [0.3, 0.4) is 0 Å². The zero-order valence-corrected chi connectivity index (χ0v) is 15.6. The van der Waals surface area contributed by atoms with Gasteiger partial charge in [-0.1, -0.05) is 30.3 Å². The van der Waals surface area contributed by atoms with E-state index in [9.17, 15) is 9.59 Å². The van der Waals surface area contributed by atoms with E-state index >= 15 is 0 Å². The van der Waals surface area contributed by atoms with Gasteiger partial charge in [-0.05, 0) is 19.3 Å². The van der Waals surface area contributed by atoms with Crippen molar-refractivity contribution >= 4 is 23.3 Å². The van der Waals surface area contributed by atoms with Gasteiger partial charge < -0.3 is 10.1 Å². The molecule has 138 valence electrons. The molecule has 1 N–H and O–H groups in total. The first-order valence-electron chi connectivity index (χ1n) is 8.81. The number of piperidine rings is 1. The number of hydrogen-bond donors (Lipinski definition) is 1. The number of methoxy groups -OCH3 is 1. The molecule has 2 heterocycles. The quantitative estimate of drug-likeness (QED) is 0.874. The molecule has 0 aliphatic carbocycles. The number of ether oxygens (including phenoxy) is 1. The lowest BCUT2D eigenvalue weighted by molar-refractivity contribution is -0.126. The first-order chi connectivity index (χ1) is 12.7. The van der Waals surface area contributed by atoms with Gasteiger partial charge in [0.25, 0.3) is 0 Å². The van der Waals surface area contributed by atoms with Crippen LogP contribution in [0, 0.1) is 0 Å². The highest BCUT2D eigenvalue weighted by molar-refractivity contribution is 7.09. The van der Waals surface area contributed by atoms with E-state index in [1.54, 1.807) is 11.3 Å². The van der Waals surface area contributed by atoms with Crippen molar-refractivity contribution in [1.82, 2.24) is 15.2 Å². The van der Waals surface area contributed by atoms with Gasteiger partial charge in [0.2, 0.25) is 5.91 Å². The van der Waals surface area contributed by atoms with E-state index < -0.39 is 12.1 Å². The highest BCUT2D eigenvalue weighted by atomic mass is 32.1. The Balaban J connectivity index is 1.52. The Hall–Kier alpha value is -2.41. The Kier molecular flexibility index (Phi) is 6.22. The maximum Gasteiger partial charge on any atom is 0.410 e. The molecule has 0 saturated carbocycles. The van der Waals surface area contributed by atoms with Crippen LogP contribution in [0.1, 0.15) is 24.3 Å². The molecule has 6 nitrogen and oxygen atoms in total. The fraction of sp³-hybridized carbons (Fsp3) is 0.421. The monoisotopic (exact) mass is 373 g/mol. The molecule has 26 heavy (non-hydrogen) atoms. The normalized spacial score (nSPS) is 17.0. The molecule has 1 aromatic carbocycles. The molecule has 1 fully saturated rings. The second-order valence-electron chi connectivity index (χ2n) is 6.21. The van der Waals surface area contributed by atoms with Gasteiger partial charge in [-0.2, -0.15) is 0 Å². The minimum Gasteiger partial charge on any atom is -0.453 e. The number of thiazole rings is 1. The van der Waals surface area contributed by atoms with Gasteiger partial charge in [-0.15, -0.1) is 11.3 Å². The maximum absolute atomic E-state index is 12.5. The molecule has 2 amide bonds. The van der Waals surface area contributed by atoms with E-state index in [0.29, 0.717) is 25.9 Å². The fourth-order valence-corrected chi connectivity index (χ4v) is 3.93. The molecule has 1 aliphatic rings. The molecule has 7 heteroatoms. The van der Waals surface area contributed by atoms with Crippen LogP contribution < -0.4 is 5.32 Å². The van der Waals surface area contributed by atoms with Crippen LogP contribution in [0.15, 0.2) is 35.7 Å². The molecule has 1 aliphatic heterocycles. The van der Waals surface area contributed by atoms with Crippen LogP contribution in [0.4, 0.5) is 4.79 Å². The van der Waals surface area contributed by atoms with Gasteiger partial charge in [0.15, 0.2) is 0 Å². The summed E-state index contributed by atoms with van der Waals surface area (Å²) in [7, 11) is 1.35. The number of nitrogens with zero attached hydrogens (tertiary/aromatic N) is 2. The lowest BCUT2D eigenvalue weighted by Gasteiger charge is -2.33. The number of aromatic nitrogens is 1. The summed E-state index contributed by atoms with van der Waals surface area (Å²) in [5, 5.41) is 5.96. The van der Waals surface area contributed by atoms with Gasteiger partial charge in [0.05, 0.1) is 17.8 Å². The van der Waals surface area contributed by atoms with E-state index in [2.05, 4.69) is 10.3 Å². The van der Waals surface area contributed by atoms with Crippen molar-refractivity contribution in [1.29, 1.82) is 0 Å². The Morgan fingerprint density at radius 2 is 2.12 bits per heavy atom. The number of carbonyl (C=O) groups is 2. The summed E-state index contributed by atoms with van der Waals surface area (Å²) >= 11 is 1.59. The molecular formula is C19H23N3O3S. The number of amides is 2. The van der Waals surface area contributed by atoms with E-state index in [4.69, 9.17) is 4.74 Å². The minimum absolute atomic E-state index is 0.116. The molecule has 1 aromatic heterocycles. The van der Waals surface area contributed by atoms with Crippen molar-refractivity contribution in [3.8, 4) is 11.3 Å². The summed E-state index contributed by atoms with van der Waals surface area (Å²) in [4.78, 5) is 30.5. The Morgan fingerprint density at radius 1 is 1.31 bits per heavy atom. The number of hydrogen-bond acceptors (Lipinski definition) is 5. The van der Waals surface area contributed by atoms with Gasteiger partial charge in [0, 0.05) is 30.5 Å². The third-order valence-corrected chi connectivity index (χ3v) is 5.38. The smallest absolute Gasteiger partial charge is 0.410 e. The first kappa shape index (κ1) is 18.4. The standard InChI is InChI=1S/C19H23N3O3S/c1-25-19(24)22-12-6-5-9-16(22)18(23)20-11-10-17-21-15(13-26-17)14-7-3-2-4-8-14/h2-4,7-8,13,16H,5-6,9-12H2,1H3,(H,20,23)/t16-/m1/s1. The van der Waals surface area contributed by atoms with Crippen molar-refractivity contribution in [3.63, 3.8) is 0 Å². The van der Waals surface area contributed by atoms with Crippen LogP contribution in [0.2, 0.25) is 0 Å². The minimum atomic E-state index is -0.438. The van der Waals surface area contributed by atoms with E-state index in [0.717, 1.165) is 29.1 Å². The first-order valence-corrected chi connectivity index (χ1v) is 9.69. The molecular weight excluding hydrogens is 350 g/mol. The predicted octanol–water partition coefficient (Wildman–Crippen LogP) is 3.09. The molecule has 3 rings (SSSR count). The summed E-state index contributed by atoms with van der Waals surface area (Å²) in [6.07, 6.45) is 2.76. The van der Waals surface area contributed by atoms with Crippen molar-refractivity contribution in [2.75, 3.05) is 20.2 Å². The molecule has 2 aromatic rings. The molecule has 0 unspecified atom stereocenters. The number of nitrogens with one attached hydrogen (secondary N) is 1. The molecule has 1 atom stereocenters. The number of likely N-dealkylation sites (tertiary alicyclic amines) is 1. The van der Waals surface area contributed by atoms with Crippen molar-refractivity contribution in [2.24, 2.45) is 0 Å². The van der Waals surface area contributed by atoms with Crippen molar-refractivity contribution in [3.05, 3.63) is 40.7 Å². The summed E-state index contributed by atoms with van der Waals surface area (Å²) in [6.45, 7) is 1.07. The zero-order valence-electron chi connectivity index (χ0n) is 14.8. The van der Waals surface area contributed by atoms with Crippen LogP contribution in [0.5, 0.6) is 0 Å². The lowest BCUT2D eigenvalue weighted by atomic mass is 10.0. The van der Waals surface area contributed by atoms with Gasteiger partial charge in [0.1, 0.15) is 6.04 Å². The third kappa shape index (κ3) is 4.40. The van der Waals surface area contributed by atoms with Crippen LogP contribution in [-0.2, 0) is 16.0 Å². The average molecular weight is 373 g/mol. The SMILES string of the molecule is COC(=O)N1CCCC[C@@H]1C(=O)NCCc1nc(-c2ccccc2)cs1. The second kappa shape index (κ2) is 8.80. The summed E-state index contributed by atoms with van der Waals surface area (Å²) in [6, 6.07) is 9.59. The maximum atomic E-state index is 12.5. The number of carbonyl (C=O) groups excluding carboxylic acids is 2. The highest BCUT2D eigenvalue weighted by Crippen LogP contribution is 2.22. The topological polar surface area (TPSA) is 71.5 Å². The third-order valence-electron chi connectivity index (χ3n) is 4.47. The van der Waals surface area contributed by atoms with Crippen LogP contribution in [0.25, 0.3) is 11.3 Å². The summed E-state index contributed by atoms with van der Waals surface area (Å²) in [5.74, 6) is -0.116. The van der Waals surface area contributed by atoms with E-state index in [1.165, 1.54) is 12.0 Å². The molecule has 1 saturated heterocycles. The van der Waals surface area contributed by atoms with Crippen LogP contribution >= 0.6 is 11.3 Å². The summed E-state index contributed by atoms with van der Waals surface area (Å²) < 4.78 is 4.79. The predicted molar refractivity (Wildman–Crippen MR) is 101 cm³/mol. The molecule has 0 spiro atoms.